The Morgan fingerprint density at radius 3 is 3.27 bits per heavy atom. The van der Waals surface area contributed by atoms with Crippen LogP contribution in [0, 0.1) is 5.92 Å². The lowest BCUT2D eigenvalue weighted by Crippen LogP contribution is -2.24. The zero-order valence-corrected chi connectivity index (χ0v) is 8.86. The van der Waals surface area contributed by atoms with Gasteiger partial charge in [0.2, 0.25) is 5.91 Å². The molecular weight excluding hydrogens is 192 g/mol. The van der Waals surface area contributed by atoms with Crippen molar-refractivity contribution < 1.29 is 4.79 Å². The smallest absolute Gasteiger partial charge is 0.228 e. The van der Waals surface area contributed by atoms with Gasteiger partial charge in [-0.25, -0.2) is 0 Å². The first-order valence-electron chi connectivity index (χ1n) is 5.33. The van der Waals surface area contributed by atoms with E-state index in [9.17, 15) is 4.79 Å². The van der Waals surface area contributed by atoms with E-state index in [0.717, 1.165) is 31.7 Å². The summed E-state index contributed by atoms with van der Waals surface area (Å²) in [5.41, 5.74) is 0.786. The number of rotatable bonds is 3. The minimum absolute atomic E-state index is 0.0932. The lowest BCUT2D eigenvalue weighted by atomic mass is 10.1. The molecule has 15 heavy (non-hydrogen) atoms. The Morgan fingerprint density at radius 1 is 1.80 bits per heavy atom. The molecule has 0 bridgehead atoms. The van der Waals surface area contributed by atoms with Gasteiger partial charge in [0.25, 0.3) is 0 Å². The zero-order chi connectivity index (χ0) is 10.7. The van der Waals surface area contributed by atoms with Crippen molar-refractivity contribution in [3.8, 4) is 0 Å². The second-order valence-electron chi connectivity index (χ2n) is 3.76. The topological polar surface area (TPSA) is 59.0 Å². The van der Waals surface area contributed by atoms with Crippen molar-refractivity contribution in [2.75, 3.05) is 18.4 Å². The van der Waals surface area contributed by atoms with Gasteiger partial charge in [0.1, 0.15) is 0 Å². The number of aryl methyl sites for hydroxylation is 1. The third-order valence-electron chi connectivity index (χ3n) is 2.66. The molecule has 1 aliphatic rings. The molecule has 1 unspecified atom stereocenters. The normalized spacial score (nSPS) is 20.5. The number of aromatic nitrogens is 2. The average Bonchev–Trinajstić information content (AvgIpc) is 2.87. The fourth-order valence-electron chi connectivity index (χ4n) is 1.72. The summed E-state index contributed by atoms with van der Waals surface area (Å²) in [6, 6.07) is 0. The molecule has 2 rings (SSSR count). The van der Waals surface area contributed by atoms with Gasteiger partial charge in [0, 0.05) is 19.3 Å². The molecule has 0 radical (unpaired) electrons. The van der Waals surface area contributed by atoms with E-state index < -0.39 is 0 Å². The van der Waals surface area contributed by atoms with Crippen molar-refractivity contribution in [3.63, 3.8) is 0 Å². The molecule has 0 aromatic carbocycles. The Hall–Kier alpha value is -1.36. The molecule has 1 aromatic rings. The molecule has 0 spiro atoms. The summed E-state index contributed by atoms with van der Waals surface area (Å²) >= 11 is 0. The maximum Gasteiger partial charge on any atom is 0.228 e. The lowest BCUT2D eigenvalue weighted by Gasteiger charge is -2.07. The summed E-state index contributed by atoms with van der Waals surface area (Å²) in [4.78, 5) is 11.7. The van der Waals surface area contributed by atoms with E-state index in [0.29, 0.717) is 0 Å². The first-order valence-corrected chi connectivity index (χ1v) is 5.33. The Balaban J connectivity index is 1.92. The van der Waals surface area contributed by atoms with Crippen LogP contribution in [0.2, 0.25) is 0 Å². The summed E-state index contributed by atoms with van der Waals surface area (Å²) < 4.78 is 1.79. The lowest BCUT2D eigenvalue weighted by molar-refractivity contribution is -0.119. The standard InChI is InChI=1S/C10H16N4O/c1-2-14-7-9(6-12-14)13-10(15)8-3-4-11-5-8/h6-8,11H,2-5H2,1H3,(H,13,15). The van der Waals surface area contributed by atoms with Gasteiger partial charge in [-0.15, -0.1) is 0 Å². The molecule has 1 atom stereocenters. The highest BCUT2D eigenvalue weighted by molar-refractivity contribution is 5.92. The SMILES string of the molecule is CCn1cc(NC(=O)C2CCNC2)cn1. The Morgan fingerprint density at radius 2 is 2.67 bits per heavy atom. The first kappa shape index (κ1) is 10.2. The van der Waals surface area contributed by atoms with Gasteiger partial charge in [-0.3, -0.25) is 9.48 Å². The predicted octanol–water partition coefficient (Wildman–Crippen LogP) is 0.451. The second kappa shape index (κ2) is 4.44. The number of nitrogens with zero attached hydrogens (tertiary/aromatic N) is 2. The number of amides is 1. The van der Waals surface area contributed by atoms with Crippen LogP contribution in [0.15, 0.2) is 12.4 Å². The molecule has 5 heteroatoms. The van der Waals surface area contributed by atoms with Crippen LogP contribution in [-0.2, 0) is 11.3 Å². The van der Waals surface area contributed by atoms with Crippen LogP contribution in [0.1, 0.15) is 13.3 Å². The Kier molecular flexibility index (Phi) is 3.01. The fraction of sp³-hybridized carbons (Fsp3) is 0.600. The number of hydrogen-bond donors (Lipinski definition) is 2. The van der Waals surface area contributed by atoms with Gasteiger partial charge in [0.15, 0.2) is 0 Å². The Labute approximate surface area is 88.8 Å². The molecule has 5 nitrogen and oxygen atoms in total. The summed E-state index contributed by atoms with van der Waals surface area (Å²) in [5, 5.41) is 10.2. The molecule has 82 valence electrons. The highest BCUT2D eigenvalue weighted by Gasteiger charge is 2.22. The zero-order valence-electron chi connectivity index (χ0n) is 8.86. The van der Waals surface area contributed by atoms with Crippen molar-refractivity contribution in [3.05, 3.63) is 12.4 Å². The third kappa shape index (κ3) is 2.36. The molecule has 1 aromatic heterocycles. The van der Waals surface area contributed by atoms with Crippen molar-refractivity contribution in [2.24, 2.45) is 5.92 Å². The summed E-state index contributed by atoms with van der Waals surface area (Å²) in [5.74, 6) is 0.200. The van der Waals surface area contributed by atoms with Crippen LogP contribution in [0.25, 0.3) is 0 Å². The number of nitrogens with one attached hydrogen (secondary N) is 2. The van der Waals surface area contributed by atoms with Crippen molar-refractivity contribution in [2.45, 2.75) is 19.9 Å². The van der Waals surface area contributed by atoms with Crippen molar-refractivity contribution >= 4 is 11.6 Å². The molecule has 0 saturated carbocycles. The van der Waals surface area contributed by atoms with Crippen LogP contribution in [0.3, 0.4) is 0 Å². The van der Waals surface area contributed by atoms with Gasteiger partial charge in [-0.1, -0.05) is 0 Å². The van der Waals surface area contributed by atoms with Gasteiger partial charge in [-0.2, -0.15) is 5.10 Å². The Bertz CT molecular complexity index is 341. The van der Waals surface area contributed by atoms with Crippen LogP contribution in [-0.4, -0.2) is 28.8 Å². The van der Waals surface area contributed by atoms with Crippen LogP contribution in [0.4, 0.5) is 5.69 Å². The maximum atomic E-state index is 11.7. The summed E-state index contributed by atoms with van der Waals surface area (Å²) in [6.07, 6.45) is 4.46. The number of hydrogen-bond acceptors (Lipinski definition) is 3. The molecule has 1 saturated heterocycles. The first-order chi connectivity index (χ1) is 7.29. The molecule has 1 fully saturated rings. The minimum Gasteiger partial charge on any atom is -0.323 e. The van der Waals surface area contributed by atoms with Crippen LogP contribution < -0.4 is 10.6 Å². The monoisotopic (exact) mass is 208 g/mol. The van der Waals surface area contributed by atoms with Gasteiger partial charge >= 0.3 is 0 Å². The maximum absolute atomic E-state index is 11.7. The average molecular weight is 208 g/mol. The highest BCUT2D eigenvalue weighted by Crippen LogP contribution is 2.12. The molecule has 1 aliphatic heterocycles. The predicted molar refractivity (Wildman–Crippen MR) is 57.5 cm³/mol. The summed E-state index contributed by atoms with van der Waals surface area (Å²) in [7, 11) is 0. The quantitative estimate of drug-likeness (QED) is 0.758. The molecule has 2 heterocycles. The molecule has 1 amide bonds. The van der Waals surface area contributed by atoms with Gasteiger partial charge < -0.3 is 10.6 Å². The van der Waals surface area contributed by atoms with E-state index in [1.807, 2.05) is 13.1 Å². The largest absolute Gasteiger partial charge is 0.323 e. The van der Waals surface area contributed by atoms with Crippen molar-refractivity contribution in [1.82, 2.24) is 15.1 Å². The van der Waals surface area contributed by atoms with Crippen LogP contribution in [0.5, 0.6) is 0 Å². The van der Waals surface area contributed by atoms with Crippen LogP contribution >= 0.6 is 0 Å². The number of anilines is 1. The van der Waals surface area contributed by atoms with E-state index in [2.05, 4.69) is 15.7 Å². The fourth-order valence-corrected chi connectivity index (χ4v) is 1.72. The number of carbonyl (C=O) groups is 1. The van der Waals surface area contributed by atoms with E-state index in [1.54, 1.807) is 10.9 Å². The molecule has 0 aliphatic carbocycles. The molecule has 2 N–H and O–H groups in total. The van der Waals surface area contributed by atoms with E-state index in [1.165, 1.54) is 0 Å². The number of carbonyl (C=O) groups excluding carboxylic acids is 1. The third-order valence-corrected chi connectivity index (χ3v) is 2.66. The van der Waals surface area contributed by atoms with E-state index in [-0.39, 0.29) is 11.8 Å². The molecular formula is C10H16N4O. The second-order valence-corrected chi connectivity index (χ2v) is 3.76. The van der Waals surface area contributed by atoms with E-state index in [4.69, 9.17) is 0 Å². The van der Waals surface area contributed by atoms with Gasteiger partial charge in [-0.05, 0) is 19.9 Å². The summed E-state index contributed by atoms with van der Waals surface area (Å²) in [6.45, 7) is 4.56. The highest BCUT2D eigenvalue weighted by atomic mass is 16.1. The van der Waals surface area contributed by atoms with Gasteiger partial charge in [0.05, 0.1) is 17.8 Å². The van der Waals surface area contributed by atoms with Crippen molar-refractivity contribution in [1.29, 1.82) is 0 Å². The van der Waals surface area contributed by atoms with E-state index >= 15 is 0 Å². The minimum atomic E-state index is 0.0932.